The van der Waals surface area contributed by atoms with Crippen LogP contribution in [0.15, 0.2) is 23.0 Å². The number of ether oxygens (including phenoxy) is 2. The minimum Gasteiger partial charge on any atom is -0.472 e. The van der Waals surface area contributed by atoms with Gasteiger partial charge in [-0.15, -0.1) is 0 Å². The molecular formula is C35H56N2O3. The summed E-state index contributed by atoms with van der Waals surface area (Å²) in [4.78, 5) is 5.23. The minimum atomic E-state index is 0.00857. The summed E-state index contributed by atoms with van der Waals surface area (Å²) in [5, 5.41) is 0. The molecular weight excluding hydrogens is 496 g/mol. The predicted molar refractivity (Wildman–Crippen MR) is 159 cm³/mol. The van der Waals surface area contributed by atoms with Crippen LogP contribution in [0.3, 0.4) is 0 Å². The second-order valence-corrected chi connectivity index (χ2v) is 15.2. The van der Waals surface area contributed by atoms with Crippen molar-refractivity contribution in [2.45, 2.75) is 115 Å². The number of furan rings is 1. The Balaban J connectivity index is 1.08. The molecule has 0 spiro atoms. The van der Waals surface area contributed by atoms with Crippen molar-refractivity contribution >= 4 is 0 Å². The summed E-state index contributed by atoms with van der Waals surface area (Å²) >= 11 is 0. The average Bonchev–Trinajstić information content (AvgIpc) is 3.77. The zero-order valence-corrected chi connectivity index (χ0v) is 25.6. The van der Waals surface area contributed by atoms with Gasteiger partial charge in [0.25, 0.3) is 0 Å². The van der Waals surface area contributed by atoms with E-state index < -0.39 is 0 Å². The molecule has 1 aromatic heterocycles. The molecule has 2 saturated heterocycles. The van der Waals surface area contributed by atoms with E-state index in [2.05, 4.69) is 29.7 Å². The smallest absolute Gasteiger partial charge is 0.0937 e. The highest BCUT2D eigenvalue weighted by molar-refractivity contribution is 5.27. The number of fused-ring (bicyclic) bond motifs is 5. The van der Waals surface area contributed by atoms with Crippen LogP contribution in [0.25, 0.3) is 0 Å². The van der Waals surface area contributed by atoms with Gasteiger partial charge in [0.15, 0.2) is 0 Å². The Morgan fingerprint density at radius 3 is 2.30 bits per heavy atom. The lowest BCUT2D eigenvalue weighted by Crippen LogP contribution is -2.63. The molecule has 0 aromatic carbocycles. The number of hydrogen-bond acceptors (Lipinski definition) is 5. The summed E-state index contributed by atoms with van der Waals surface area (Å²) in [6, 6.07) is 2.24. The van der Waals surface area contributed by atoms with Crippen LogP contribution in [0, 0.1) is 28.6 Å². The van der Waals surface area contributed by atoms with Crippen molar-refractivity contribution in [1.82, 2.24) is 9.80 Å². The summed E-state index contributed by atoms with van der Waals surface area (Å²) in [5.74, 6) is 2.86. The van der Waals surface area contributed by atoms with Crippen LogP contribution in [-0.4, -0.2) is 74.0 Å². The number of rotatable bonds is 9. The lowest BCUT2D eigenvalue weighted by Gasteiger charge is -2.65. The second-order valence-electron chi connectivity index (χ2n) is 15.2. The molecule has 3 heterocycles. The molecule has 5 nitrogen and oxygen atoms in total. The Labute approximate surface area is 243 Å². The van der Waals surface area contributed by atoms with Crippen LogP contribution in [0.2, 0.25) is 0 Å². The first-order chi connectivity index (χ1) is 19.5. The molecule has 6 fully saturated rings. The number of nitrogens with zero attached hydrogens (tertiary/aromatic N) is 2. The van der Waals surface area contributed by atoms with E-state index in [1.165, 1.54) is 115 Å². The molecule has 2 aliphatic heterocycles. The Morgan fingerprint density at radius 1 is 0.825 bits per heavy atom. The number of likely N-dealkylation sites (tertiary alicyclic amines) is 2. The van der Waals surface area contributed by atoms with E-state index in [1.807, 2.05) is 12.5 Å². The maximum Gasteiger partial charge on any atom is 0.0937 e. The van der Waals surface area contributed by atoms with Crippen LogP contribution < -0.4 is 0 Å². The van der Waals surface area contributed by atoms with Gasteiger partial charge in [0, 0.05) is 18.5 Å². The average molecular weight is 553 g/mol. The molecule has 0 radical (unpaired) electrons. The number of hydrogen-bond donors (Lipinski definition) is 0. The zero-order valence-electron chi connectivity index (χ0n) is 25.6. The highest BCUT2D eigenvalue weighted by Crippen LogP contribution is 2.71. The highest BCUT2D eigenvalue weighted by atomic mass is 16.5. The predicted octanol–water partition coefficient (Wildman–Crippen LogP) is 7.12. The molecule has 7 rings (SSSR count). The summed E-state index contributed by atoms with van der Waals surface area (Å²) in [6.07, 6.45) is 21.6. The van der Waals surface area contributed by atoms with Gasteiger partial charge < -0.3 is 23.7 Å². The summed E-state index contributed by atoms with van der Waals surface area (Å²) in [7, 11) is 0. The fourth-order valence-corrected chi connectivity index (χ4v) is 11.4. The van der Waals surface area contributed by atoms with Crippen molar-refractivity contribution in [3.8, 4) is 0 Å². The molecule has 4 saturated carbocycles. The third kappa shape index (κ3) is 4.74. The molecule has 8 atom stereocenters. The Morgan fingerprint density at radius 2 is 1.57 bits per heavy atom. The van der Waals surface area contributed by atoms with Gasteiger partial charge in [-0.2, -0.15) is 0 Å². The molecule has 5 heteroatoms. The lowest BCUT2D eigenvalue weighted by molar-refractivity contribution is -0.231. The Bertz CT molecular complexity index is 971. The van der Waals surface area contributed by atoms with Crippen LogP contribution in [0.4, 0.5) is 0 Å². The second kappa shape index (κ2) is 11.3. The van der Waals surface area contributed by atoms with E-state index in [-0.39, 0.29) is 11.0 Å². The molecule has 40 heavy (non-hydrogen) atoms. The van der Waals surface area contributed by atoms with Gasteiger partial charge in [-0.05, 0) is 150 Å². The van der Waals surface area contributed by atoms with Gasteiger partial charge in [-0.3, -0.25) is 0 Å². The Hall–Kier alpha value is -0.880. The van der Waals surface area contributed by atoms with Crippen LogP contribution in [-0.2, 0) is 9.47 Å². The molecule has 3 unspecified atom stereocenters. The van der Waals surface area contributed by atoms with Crippen molar-refractivity contribution in [3.05, 3.63) is 24.2 Å². The first-order valence-electron chi connectivity index (χ1n) is 17.2. The molecule has 1 aromatic rings. The van der Waals surface area contributed by atoms with Gasteiger partial charge in [0.1, 0.15) is 0 Å². The van der Waals surface area contributed by atoms with Crippen LogP contribution >= 0.6 is 0 Å². The van der Waals surface area contributed by atoms with Gasteiger partial charge in [-0.1, -0.05) is 13.8 Å². The molecule has 6 aliphatic rings. The standard InChI is InChI=1S/C35H56N2O3/c1-33-13-9-29(39-23-20-36-16-3-4-17-36)25-28(33)7-8-32-31(33)10-14-34(2)30(27-12-22-38-26-27)11-15-35(32,34)40-24-21-37-18-5-6-19-37/h12,22,26,28-32H,3-11,13-21,23-25H2,1-2H3/t28?,29?,30?,31-,32-,33+,34-,35-/m1/s1. The van der Waals surface area contributed by atoms with E-state index in [0.717, 1.165) is 38.1 Å². The quantitative estimate of drug-likeness (QED) is 0.326. The maximum absolute atomic E-state index is 7.40. The molecule has 0 bridgehead atoms. The van der Waals surface area contributed by atoms with Gasteiger partial charge >= 0.3 is 0 Å². The largest absolute Gasteiger partial charge is 0.472 e. The topological polar surface area (TPSA) is 38.1 Å². The molecule has 224 valence electrons. The summed E-state index contributed by atoms with van der Waals surface area (Å²) in [5.41, 5.74) is 2.06. The van der Waals surface area contributed by atoms with E-state index in [1.54, 1.807) is 0 Å². The minimum absolute atomic E-state index is 0.00857. The highest BCUT2D eigenvalue weighted by Gasteiger charge is 2.68. The molecule has 4 aliphatic carbocycles. The van der Waals surface area contributed by atoms with E-state index in [4.69, 9.17) is 13.9 Å². The normalized spacial score (nSPS) is 44.0. The Kier molecular flexibility index (Phi) is 7.90. The fraction of sp³-hybridized carbons (Fsp3) is 0.886. The van der Waals surface area contributed by atoms with E-state index in [0.29, 0.717) is 23.4 Å². The third-order valence-corrected chi connectivity index (χ3v) is 13.6. The SMILES string of the molecule is C[C@]12CCC(OCCN3CCCC3)CC1CC[C@@H]1[C@H]2CC[C@]2(C)C(c3ccoc3)CC[C@@]12OCCN1CCCC1. The van der Waals surface area contributed by atoms with Gasteiger partial charge in [-0.25, -0.2) is 0 Å². The monoisotopic (exact) mass is 552 g/mol. The van der Waals surface area contributed by atoms with Crippen molar-refractivity contribution in [1.29, 1.82) is 0 Å². The maximum atomic E-state index is 7.40. The molecule has 0 N–H and O–H groups in total. The zero-order chi connectivity index (χ0) is 27.2. The van der Waals surface area contributed by atoms with Gasteiger partial charge in [0.05, 0.1) is 37.4 Å². The van der Waals surface area contributed by atoms with Gasteiger partial charge in [0.2, 0.25) is 0 Å². The summed E-state index contributed by atoms with van der Waals surface area (Å²) in [6.45, 7) is 14.5. The van der Waals surface area contributed by atoms with Crippen molar-refractivity contribution < 1.29 is 13.9 Å². The third-order valence-electron chi connectivity index (χ3n) is 13.6. The molecule has 0 amide bonds. The summed E-state index contributed by atoms with van der Waals surface area (Å²) < 4.78 is 19.6. The fourth-order valence-electron chi connectivity index (χ4n) is 11.4. The van der Waals surface area contributed by atoms with Crippen molar-refractivity contribution in [3.63, 3.8) is 0 Å². The van der Waals surface area contributed by atoms with E-state index >= 15 is 0 Å². The first kappa shape index (κ1) is 27.9. The lowest BCUT2D eigenvalue weighted by atomic mass is 9.43. The van der Waals surface area contributed by atoms with Crippen LogP contribution in [0.5, 0.6) is 0 Å². The first-order valence-corrected chi connectivity index (χ1v) is 17.2. The van der Waals surface area contributed by atoms with Crippen molar-refractivity contribution in [2.24, 2.45) is 28.6 Å². The van der Waals surface area contributed by atoms with E-state index in [9.17, 15) is 0 Å². The van der Waals surface area contributed by atoms with Crippen LogP contribution in [0.1, 0.15) is 109 Å². The van der Waals surface area contributed by atoms with Crippen molar-refractivity contribution in [2.75, 3.05) is 52.5 Å².